The molecule has 1 aromatic carbocycles. The van der Waals surface area contributed by atoms with Crippen LogP contribution >= 0.6 is 12.6 Å². The number of ether oxygens (including phenoxy) is 1. The molecule has 0 saturated carbocycles. The van der Waals surface area contributed by atoms with E-state index in [-0.39, 0.29) is 0 Å². The Kier molecular flexibility index (Phi) is 6.33. The van der Waals surface area contributed by atoms with Crippen LogP contribution in [0.2, 0.25) is 0 Å². The van der Waals surface area contributed by atoms with Crippen molar-refractivity contribution in [2.45, 2.75) is 38.4 Å². The van der Waals surface area contributed by atoms with Gasteiger partial charge in [-0.1, -0.05) is 38.3 Å². The van der Waals surface area contributed by atoms with Gasteiger partial charge >= 0.3 is 0 Å². The zero-order valence-electron chi connectivity index (χ0n) is 9.41. The quantitative estimate of drug-likeness (QED) is 0.542. The summed E-state index contributed by atoms with van der Waals surface area (Å²) >= 11 is 4.24. The zero-order chi connectivity index (χ0) is 10.9. The van der Waals surface area contributed by atoms with Gasteiger partial charge in [-0.2, -0.15) is 12.6 Å². The van der Waals surface area contributed by atoms with Crippen LogP contribution in [0.25, 0.3) is 0 Å². The molecule has 0 amide bonds. The van der Waals surface area contributed by atoms with Gasteiger partial charge in [0.1, 0.15) is 5.75 Å². The monoisotopic (exact) mass is 224 g/mol. The van der Waals surface area contributed by atoms with Gasteiger partial charge in [-0.15, -0.1) is 0 Å². The largest absolute Gasteiger partial charge is 0.494 e. The molecule has 0 spiro atoms. The minimum atomic E-state index is 0.771. The van der Waals surface area contributed by atoms with E-state index in [0.29, 0.717) is 0 Å². The molecule has 0 aliphatic rings. The summed E-state index contributed by atoms with van der Waals surface area (Å²) < 4.78 is 5.66. The molecule has 1 aromatic rings. The lowest BCUT2D eigenvalue weighted by atomic mass is 10.2. The van der Waals surface area contributed by atoms with E-state index in [1.165, 1.54) is 24.8 Å². The summed E-state index contributed by atoms with van der Waals surface area (Å²) in [6.07, 6.45) is 5.00. The van der Waals surface area contributed by atoms with Gasteiger partial charge in [-0.05, 0) is 24.1 Å². The van der Waals surface area contributed by atoms with E-state index in [0.717, 1.165) is 24.5 Å². The van der Waals surface area contributed by atoms with Gasteiger partial charge < -0.3 is 4.74 Å². The molecule has 0 unspecified atom stereocenters. The van der Waals surface area contributed by atoms with Gasteiger partial charge in [0, 0.05) is 5.75 Å². The Labute approximate surface area is 98.3 Å². The smallest absolute Gasteiger partial charge is 0.119 e. The maximum atomic E-state index is 5.66. The summed E-state index contributed by atoms with van der Waals surface area (Å²) in [4.78, 5) is 0. The van der Waals surface area contributed by atoms with Gasteiger partial charge in [-0.3, -0.25) is 0 Å². The van der Waals surface area contributed by atoms with Crippen molar-refractivity contribution in [2.24, 2.45) is 0 Å². The van der Waals surface area contributed by atoms with E-state index >= 15 is 0 Å². The van der Waals surface area contributed by atoms with Gasteiger partial charge in [0.2, 0.25) is 0 Å². The first-order valence-electron chi connectivity index (χ1n) is 5.69. The summed E-state index contributed by atoms with van der Waals surface area (Å²) in [5.74, 6) is 1.74. The second-order valence-electron chi connectivity index (χ2n) is 3.71. The van der Waals surface area contributed by atoms with Crippen LogP contribution in [0.5, 0.6) is 5.75 Å². The average Bonchev–Trinajstić information content (AvgIpc) is 2.29. The van der Waals surface area contributed by atoms with Gasteiger partial charge in [0.05, 0.1) is 6.61 Å². The second kappa shape index (κ2) is 7.63. The number of thiol groups is 1. The third kappa shape index (κ3) is 5.12. The Morgan fingerprint density at radius 3 is 2.80 bits per heavy atom. The topological polar surface area (TPSA) is 9.23 Å². The normalized spacial score (nSPS) is 10.3. The lowest BCUT2D eigenvalue weighted by molar-refractivity contribution is 0.305. The van der Waals surface area contributed by atoms with E-state index in [4.69, 9.17) is 4.74 Å². The summed E-state index contributed by atoms with van der Waals surface area (Å²) in [6.45, 7) is 3.05. The molecular formula is C13H20OS. The Hall–Kier alpha value is -0.630. The highest BCUT2D eigenvalue weighted by Gasteiger charge is 1.95. The van der Waals surface area contributed by atoms with Crippen molar-refractivity contribution in [1.82, 2.24) is 0 Å². The van der Waals surface area contributed by atoms with Crippen molar-refractivity contribution in [3.05, 3.63) is 29.8 Å². The van der Waals surface area contributed by atoms with Crippen LogP contribution in [0.1, 0.15) is 38.2 Å². The SMILES string of the molecule is CCCCCCOc1cccc(CS)c1. The van der Waals surface area contributed by atoms with Crippen molar-refractivity contribution in [3.8, 4) is 5.75 Å². The first-order chi connectivity index (χ1) is 7.36. The third-order valence-corrected chi connectivity index (χ3v) is 2.71. The number of unbranched alkanes of at least 4 members (excludes halogenated alkanes) is 3. The van der Waals surface area contributed by atoms with E-state index in [2.05, 4.69) is 31.7 Å². The molecule has 0 bridgehead atoms. The van der Waals surface area contributed by atoms with Gasteiger partial charge in [-0.25, -0.2) is 0 Å². The van der Waals surface area contributed by atoms with Crippen LogP contribution in [0.4, 0.5) is 0 Å². The van der Waals surface area contributed by atoms with Crippen LogP contribution < -0.4 is 4.74 Å². The van der Waals surface area contributed by atoms with E-state index in [1.54, 1.807) is 0 Å². The van der Waals surface area contributed by atoms with E-state index in [9.17, 15) is 0 Å². The van der Waals surface area contributed by atoms with Crippen molar-refractivity contribution in [3.63, 3.8) is 0 Å². The highest BCUT2D eigenvalue weighted by Crippen LogP contribution is 2.15. The highest BCUT2D eigenvalue weighted by molar-refractivity contribution is 7.79. The molecule has 0 aliphatic carbocycles. The molecule has 0 fully saturated rings. The first-order valence-corrected chi connectivity index (χ1v) is 6.32. The molecule has 84 valence electrons. The van der Waals surface area contributed by atoms with Crippen LogP contribution in [-0.4, -0.2) is 6.61 Å². The predicted octanol–water partition coefficient (Wildman–Crippen LogP) is 4.08. The number of hydrogen-bond donors (Lipinski definition) is 1. The van der Waals surface area contributed by atoms with E-state index < -0.39 is 0 Å². The van der Waals surface area contributed by atoms with Gasteiger partial charge in [0.15, 0.2) is 0 Å². The van der Waals surface area contributed by atoms with E-state index in [1.807, 2.05) is 12.1 Å². The van der Waals surface area contributed by atoms with Gasteiger partial charge in [0.25, 0.3) is 0 Å². The van der Waals surface area contributed by atoms with Crippen LogP contribution in [0.3, 0.4) is 0 Å². The fraction of sp³-hybridized carbons (Fsp3) is 0.538. The second-order valence-corrected chi connectivity index (χ2v) is 4.03. The fourth-order valence-electron chi connectivity index (χ4n) is 1.45. The van der Waals surface area contributed by atoms with Crippen LogP contribution in [0, 0.1) is 0 Å². The van der Waals surface area contributed by atoms with Crippen LogP contribution in [-0.2, 0) is 5.75 Å². The number of rotatable bonds is 7. The molecule has 1 nitrogen and oxygen atoms in total. The maximum absolute atomic E-state index is 5.66. The summed E-state index contributed by atoms with van der Waals surface area (Å²) in [7, 11) is 0. The van der Waals surface area contributed by atoms with Crippen LogP contribution in [0.15, 0.2) is 24.3 Å². The summed E-state index contributed by atoms with van der Waals surface area (Å²) in [5.41, 5.74) is 1.21. The average molecular weight is 224 g/mol. The molecule has 2 heteroatoms. The Morgan fingerprint density at radius 2 is 2.07 bits per heavy atom. The molecule has 0 N–H and O–H groups in total. The highest BCUT2D eigenvalue weighted by atomic mass is 32.1. The molecule has 0 saturated heterocycles. The Bertz CT molecular complexity index is 273. The molecule has 0 aliphatic heterocycles. The standard InChI is InChI=1S/C13H20OS/c1-2-3-4-5-9-14-13-8-6-7-12(10-13)11-15/h6-8,10,15H,2-5,9,11H2,1H3. The predicted molar refractivity (Wildman–Crippen MR) is 68.8 cm³/mol. The zero-order valence-corrected chi connectivity index (χ0v) is 10.3. The summed E-state index contributed by atoms with van der Waals surface area (Å²) in [5, 5.41) is 0. The number of benzene rings is 1. The molecule has 0 heterocycles. The molecular weight excluding hydrogens is 204 g/mol. The van der Waals surface area contributed by atoms with Crippen molar-refractivity contribution in [1.29, 1.82) is 0 Å². The van der Waals surface area contributed by atoms with Crippen molar-refractivity contribution in [2.75, 3.05) is 6.61 Å². The van der Waals surface area contributed by atoms with Crippen molar-refractivity contribution >= 4 is 12.6 Å². The minimum absolute atomic E-state index is 0.771. The minimum Gasteiger partial charge on any atom is -0.494 e. The fourth-order valence-corrected chi connectivity index (χ4v) is 1.65. The molecule has 0 aromatic heterocycles. The summed E-state index contributed by atoms with van der Waals surface area (Å²) in [6, 6.07) is 8.16. The molecule has 15 heavy (non-hydrogen) atoms. The third-order valence-electron chi connectivity index (χ3n) is 2.35. The molecule has 1 rings (SSSR count). The Balaban J connectivity index is 2.24. The number of hydrogen-bond acceptors (Lipinski definition) is 2. The maximum Gasteiger partial charge on any atom is 0.119 e. The Morgan fingerprint density at radius 1 is 1.20 bits per heavy atom. The van der Waals surface area contributed by atoms with Crippen molar-refractivity contribution < 1.29 is 4.74 Å². The lowest BCUT2D eigenvalue weighted by Crippen LogP contribution is -1.97. The lowest BCUT2D eigenvalue weighted by Gasteiger charge is -2.06. The molecule has 0 radical (unpaired) electrons. The first kappa shape index (κ1) is 12.4. The molecule has 0 atom stereocenters.